The monoisotopic (exact) mass is 189 g/mol. The van der Waals surface area contributed by atoms with Gasteiger partial charge in [0.25, 0.3) is 0 Å². The third-order valence-electron chi connectivity index (χ3n) is 1.78. The Balaban J connectivity index is 0. The first-order valence-corrected chi connectivity index (χ1v) is 5.62. The Morgan fingerprint density at radius 3 is 1.54 bits per heavy atom. The quantitative estimate of drug-likeness (QED) is 0.629. The van der Waals surface area contributed by atoms with E-state index in [4.69, 9.17) is 4.74 Å². The SMILES string of the molecule is CC.CC.CC(C)N1CCOCC1. The second kappa shape index (κ2) is 11.9. The Hall–Kier alpha value is -0.0800. The van der Waals surface area contributed by atoms with Crippen molar-refractivity contribution < 1.29 is 4.74 Å². The molecule has 0 saturated carbocycles. The molecule has 0 unspecified atom stereocenters. The van der Waals surface area contributed by atoms with Gasteiger partial charge in [0.2, 0.25) is 0 Å². The number of hydrogen-bond donors (Lipinski definition) is 0. The summed E-state index contributed by atoms with van der Waals surface area (Å²) in [6, 6.07) is 0.689. The van der Waals surface area contributed by atoms with E-state index >= 15 is 0 Å². The predicted octanol–water partition coefficient (Wildman–Crippen LogP) is 2.78. The maximum atomic E-state index is 5.21. The van der Waals surface area contributed by atoms with Crippen molar-refractivity contribution in [2.24, 2.45) is 0 Å². The lowest BCUT2D eigenvalue weighted by Gasteiger charge is -2.29. The van der Waals surface area contributed by atoms with Crippen LogP contribution in [-0.4, -0.2) is 37.2 Å². The topological polar surface area (TPSA) is 12.5 Å². The molecule has 1 aliphatic heterocycles. The van der Waals surface area contributed by atoms with E-state index in [1.807, 2.05) is 27.7 Å². The van der Waals surface area contributed by atoms with E-state index in [1.54, 1.807) is 0 Å². The second-order valence-electron chi connectivity index (χ2n) is 2.74. The van der Waals surface area contributed by atoms with Gasteiger partial charge in [0, 0.05) is 19.1 Å². The average Bonchev–Trinajstić information content (AvgIpc) is 2.25. The van der Waals surface area contributed by atoms with Crippen molar-refractivity contribution in [2.45, 2.75) is 47.6 Å². The Kier molecular flexibility index (Phi) is 14.1. The van der Waals surface area contributed by atoms with Gasteiger partial charge in [0.1, 0.15) is 0 Å². The van der Waals surface area contributed by atoms with Crippen LogP contribution in [0, 0.1) is 0 Å². The minimum Gasteiger partial charge on any atom is -0.379 e. The van der Waals surface area contributed by atoms with Crippen LogP contribution in [0.5, 0.6) is 0 Å². The third-order valence-corrected chi connectivity index (χ3v) is 1.78. The molecule has 0 bridgehead atoms. The highest BCUT2D eigenvalue weighted by molar-refractivity contribution is 4.64. The largest absolute Gasteiger partial charge is 0.379 e. The molecule has 1 fully saturated rings. The van der Waals surface area contributed by atoms with Gasteiger partial charge < -0.3 is 4.74 Å². The van der Waals surface area contributed by atoms with Crippen LogP contribution in [0.1, 0.15) is 41.5 Å². The average molecular weight is 189 g/mol. The Bertz CT molecular complexity index is 78.2. The van der Waals surface area contributed by atoms with Gasteiger partial charge in [0.05, 0.1) is 13.2 Å². The lowest BCUT2D eigenvalue weighted by molar-refractivity contribution is 0.0238. The molecule has 1 saturated heterocycles. The van der Waals surface area contributed by atoms with Crippen LogP contribution in [0.3, 0.4) is 0 Å². The molecule has 0 N–H and O–H groups in total. The van der Waals surface area contributed by atoms with Crippen molar-refractivity contribution in [3.63, 3.8) is 0 Å². The zero-order chi connectivity index (χ0) is 10.7. The lowest BCUT2D eigenvalue weighted by Crippen LogP contribution is -2.40. The van der Waals surface area contributed by atoms with Crippen LogP contribution in [0.2, 0.25) is 0 Å². The predicted molar refractivity (Wildman–Crippen MR) is 60.2 cm³/mol. The van der Waals surface area contributed by atoms with Gasteiger partial charge in [-0.05, 0) is 13.8 Å². The molecule has 2 nitrogen and oxygen atoms in total. The number of ether oxygens (including phenoxy) is 1. The fraction of sp³-hybridized carbons (Fsp3) is 1.00. The summed E-state index contributed by atoms with van der Waals surface area (Å²) in [6.07, 6.45) is 0. The van der Waals surface area contributed by atoms with E-state index in [2.05, 4.69) is 18.7 Å². The highest BCUT2D eigenvalue weighted by Crippen LogP contribution is 2.01. The summed E-state index contributed by atoms with van der Waals surface area (Å²) in [4.78, 5) is 2.43. The number of hydrogen-bond acceptors (Lipinski definition) is 2. The maximum Gasteiger partial charge on any atom is 0.0594 e. The second-order valence-corrected chi connectivity index (χ2v) is 2.74. The van der Waals surface area contributed by atoms with Crippen LogP contribution in [0.4, 0.5) is 0 Å². The van der Waals surface area contributed by atoms with Crippen LogP contribution in [-0.2, 0) is 4.74 Å². The van der Waals surface area contributed by atoms with Crippen molar-refractivity contribution in [3.8, 4) is 0 Å². The standard InChI is InChI=1S/C7H15NO.2C2H6/c1-7(2)8-3-5-9-6-4-8;2*1-2/h7H,3-6H2,1-2H3;2*1-2H3. The van der Waals surface area contributed by atoms with Gasteiger partial charge in [-0.15, -0.1) is 0 Å². The molecule has 0 spiro atoms. The van der Waals surface area contributed by atoms with Crippen molar-refractivity contribution in [2.75, 3.05) is 26.3 Å². The van der Waals surface area contributed by atoms with E-state index in [0.717, 1.165) is 26.3 Å². The zero-order valence-electron chi connectivity index (χ0n) is 10.3. The molecule has 1 rings (SSSR count). The fourth-order valence-electron chi connectivity index (χ4n) is 1.09. The Labute approximate surface area is 84.3 Å². The molecule has 2 heteroatoms. The molecule has 82 valence electrons. The first-order valence-electron chi connectivity index (χ1n) is 5.62. The zero-order valence-corrected chi connectivity index (χ0v) is 10.3. The summed E-state index contributed by atoms with van der Waals surface area (Å²) in [7, 11) is 0. The summed E-state index contributed by atoms with van der Waals surface area (Å²) >= 11 is 0. The molecule has 0 aromatic rings. The molecule has 0 aliphatic carbocycles. The Morgan fingerprint density at radius 1 is 0.923 bits per heavy atom. The lowest BCUT2D eigenvalue weighted by atomic mass is 10.3. The highest BCUT2D eigenvalue weighted by atomic mass is 16.5. The molecule has 0 atom stereocenters. The van der Waals surface area contributed by atoms with Gasteiger partial charge in [-0.25, -0.2) is 0 Å². The summed E-state index contributed by atoms with van der Waals surface area (Å²) in [5.74, 6) is 0. The summed E-state index contributed by atoms with van der Waals surface area (Å²) in [6.45, 7) is 16.5. The van der Waals surface area contributed by atoms with Crippen LogP contribution < -0.4 is 0 Å². The molecule has 1 aliphatic rings. The Morgan fingerprint density at radius 2 is 1.31 bits per heavy atom. The van der Waals surface area contributed by atoms with E-state index in [9.17, 15) is 0 Å². The highest BCUT2D eigenvalue weighted by Gasteiger charge is 2.11. The first kappa shape index (κ1) is 15.4. The summed E-state index contributed by atoms with van der Waals surface area (Å²) in [5, 5.41) is 0. The van der Waals surface area contributed by atoms with Gasteiger partial charge in [-0.1, -0.05) is 27.7 Å². The van der Waals surface area contributed by atoms with Gasteiger partial charge in [0.15, 0.2) is 0 Å². The molecular formula is C11H27NO. The van der Waals surface area contributed by atoms with Gasteiger partial charge in [-0.3, -0.25) is 4.90 Å². The van der Waals surface area contributed by atoms with Crippen molar-refractivity contribution in [1.29, 1.82) is 0 Å². The minimum atomic E-state index is 0.689. The van der Waals surface area contributed by atoms with E-state index in [-0.39, 0.29) is 0 Å². The first-order chi connectivity index (χ1) is 6.30. The molecule has 0 radical (unpaired) electrons. The number of rotatable bonds is 1. The molecule has 0 amide bonds. The molecule has 13 heavy (non-hydrogen) atoms. The van der Waals surface area contributed by atoms with E-state index in [0.29, 0.717) is 6.04 Å². The van der Waals surface area contributed by atoms with Crippen LogP contribution in [0.15, 0.2) is 0 Å². The van der Waals surface area contributed by atoms with E-state index < -0.39 is 0 Å². The van der Waals surface area contributed by atoms with Crippen molar-refractivity contribution in [1.82, 2.24) is 4.90 Å². The molecule has 1 heterocycles. The molecule has 0 aromatic heterocycles. The normalized spacial score (nSPS) is 16.8. The van der Waals surface area contributed by atoms with Gasteiger partial charge >= 0.3 is 0 Å². The number of morpholine rings is 1. The maximum absolute atomic E-state index is 5.21. The van der Waals surface area contributed by atoms with Crippen molar-refractivity contribution in [3.05, 3.63) is 0 Å². The smallest absolute Gasteiger partial charge is 0.0594 e. The summed E-state index contributed by atoms with van der Waals surface area (Å²) in [5.41, 5.74) is 0. The van der Waals surface area contributed by atoms with Gasteiger partial charge in [-0.2, -0.15) is 0 Å². The fourth-order valence-corrected chi connectivity index (χ4v) is 1.09. The molecule has 0 aromatic carbocycles. The van der Waals surface area contributed by atoms with Crippen LogP contribution in [0.25, 0.3) is 0 Å². The number of nitrogens with zero attached hydrogens (tertiary/aromatic N) is 1. The summed E-state index contributed by atoms with van der Waals surface area (Å²) < 4.78 is 5.21. The minimum absolute atomic E-state index is 0.689. The third kappa shape index (κ3) is 8.26. The van der Waals surface area contributed by atoms with Crippen molar-refractivity contribution >= 4 is 0 Å². The van der Waals surface area contributed by atoms with Crippen LogP contribution >= 0.6 is 0 Å². The molecular weight excluding hydrogens is 162 g/mol. The van der Waals surface area contributed by atoms with E-state index in [1.165, 1.54) is 0 Å².